The first kappa shape index (κ1) is 15.5. The zero-order valence-corrected chi connectivity index (χ0v) is 15.3. The average molecular weight is 357 g/mol. The Morgan fingerprint density at radius 2 is 1.56 bits per heavy atom. The molecule has 27 heavy (non-hydrogen) atoms. The summed E-state index contributed by atoms with van der Waals surface area (Å²) in [5.74, 6) is 3.00. The van der Waals surface area contributed by atoms with Gasteiger partial charge in [0, 0.05) is 23.5 Å². The summed E-state index contributed by atoms with van der Waals surface area (Å²) in [6.45, 7) is 0. The number of hydrogen-bond acceptors (Lipinski definition) is 3. The Labute approximate surface area is 159 Å². The van der Waals surface area contributed by atoms with Gasteiger partial charge in [-0.05, 0) is 43.4 Å². The number of furan rings is 1. The van der Waals surface area contributed by atoms with Crippen molar-refractivity contribution in [3.63, 3.8) is 0 Å². The third-order valence-corrected chi connectivity index (χ3v) is 6.10. The van der Waals surface area contributed by atoms with Gasteiger partial charge in [-0.25, -0.2) is 5.06 Å². The first-order valence-electron chi connectivity index (χ1n) is 10.1. The predicted molar refractivity (Wildman–Crippen MR) is 105 cm³/mol. The second-order valence-electron chi connectivity index (χ2n) is 7.95. The molecule has 0 N–H and O–H groups in total. The van der Waals surface area contributed by atoms with Gasteiger partial charge < -0.3 is 4.42 Å². The molecule has 0 amide bonds. The van der Waals surface area contributed by atoms with Crippen LogP contribution in [0.3, 0.4) is 0 Å². The van der Waals surface area contributed by atoms with Crippen LogP contribution in [0.4, 0.5) is 5.69 Å². The molecule has 1 aromatic heterocycles. The number of anilines is 1. The van der Waals surface area contributed by atoms with Gasteiger partial charge in [-0.2, -0.15) is 0 Å². The lowest BCUT2D eigenvalue weighted by atomic mass is 9.84. The number of benzene rings is 2. The quantitative estimate of drug-likeness (QED) is 0.568. The minimum atomic E-state index is 0.0473. The highest BCUT2D eigenvalue weighted by molar-refractivity contribution is 5.56. The fourth-order valence-corrected chi connectivity index (χ4v) is 4.73. The largest absolute Gasteiger partial charge is 0.465 e. The summed E-state index contributed by atoms with van der Waals surface area (Å²) in [6, 6.07) is 21.3. The highest BCUT2D eigenvalue weighted by Crippen LogP contribution is 2.55. The molecule has 0 bridgehead atoms. The molecule has 3 heteroatoms. The van der Waals surface area contributed by atoms with Crippen LogP contribution in [-0.2, 0) is 11.3 Å². The minimum Gasteiger partial charge on any atom is -0.465 e. The number of hydroxylamine groups is 1. The van der Waals surface area contributed by atoms with Crippen LogP contribution in [0, 0.1) is 0 Å². The van der Waals surface area contributed by atoms with E-state index in [9.17, 15) is 0 Å². The van der Waals surface area contributed by atoms with Gasteiger partial charge in [-0.3, -0.25) is 4.84 Å². The van der Waals surface area contributed by atoms with Crippen molar-refractivity contribution in [2.45, 2.75) is 50.2 Å². The molecule has 6 rings (SSSR count). The van der Waals surface area contributed by atoms with E-state index in [2.05, 4.69) is 65.7 Å². The lowest BCUT2D eigenvalue weighted by Crippen LogP contribution is -2.37. The van der Waals surface area contributed by atoms with Crippen molar-refractivity contribution in [1.29, 1.82) is 0 Å². The second-order valence-corrected chi connectivity index (χ2v) is 7.95. The Hall–Kier alpha value is -2.52. The summed E-state index contributed by atoms with van der Waals surface area (Å²) >= 11 is 0. The lowest BCUT2D eigenvalue weighted by molar-refractivity contribution is -0.00370. The van der Waals surface area contributed by atoms with Crippen molar-refractivity contribution in [2.75, 3.05) is 5.06 Å². The summed E-state index contributed by atoms with van der Waals surface area (Å²) in [7, 11) is 0. The number of rotatable bonds is 3. The van der Waals surface area contributed by atoms with Gasteiger partial charge in [-0.1, -0.05) is 48.5 Å². The number of para-hydroxylation sites is 1. The maximum Gasteiger partial charge on any atom is 0.114 e. The fourth-order valence-electron chi connectivity index (χ4n) is 4.73. The van der Waals surface area contributed by atoms with E-state index in [4.69, 9.17) is 9.25 Å². The summed E-state index contributed by atoms with van der Waals surface area (Å²) < 4.78 is 6.49. The van der Waals surface area contributed by atoms with E-state index in [-0.39, 0.29) is 12.1 Å². The summed E-state index contributed by atoms with van der Waals surface area (Å²) in [6.07, 6.45) is 5.85. The molecule has 3 nitrogen and oxygen atoms in total. The van der Waals surface area contributed by atoms with Gasteiger partial charge >= 0.3 is 0 Å². The monoisotopic (exact) mass is 357 g/mol. The highest BCUT2D eigenvalue weighted by atomic mass is 16.7. The van der Waals surface area contributed by atoms with Crippen molar-refractivity contribution in [3.05, 3.63) is 88.9 Å². The van der Waals surface area contributed by atoms with Crippen LogP contribution in [0.15, 0.2) is 65.1 Å². The molecule has 0 radical (unpaired) electrons. The molecule has 2 aliphatic carbocycles. The van der Waals surface area contributed by atoms with E-state index < -0.39 is 0 Å². The molecule has 136 valence electrons. The molecule has 0 spiro atoms. The molecule has 3 aliphatic rings. The van der Waals surface area contributed by atoms with E-state index >= 15 is 0 Å². The van der Waals surface area contributed by atoms with Gasteiger partial charge in [-0.15, -0.1) is 0 Å². The fraction of sp³-hybridized carbons (Fsp3) is 0.333. The Morgan fingerprint density at radius 3 is 2.30 bits per heavy atom. The maximum absolute atomic E-state index is 6.63. The van der Waals surface area contributed by atoms with Crippen LogP contribution in [0.2, 0.25) is 0 Å². The van der Waals surface area contributed by atoms with Crippen LogP contribution < -0.4 is 5.06 Å². The molecular weight excluding hydrogens is 334 g/mol. The van der Waals surface area contributed by atoms with Crippen LogP contribution in [-0.4, -0.2) is 0 Å². The van der Waals surface area contributed by atoms with Crippen LogP contribution in [0.5, 0.6) is 0 Å². The van der Waals surface area contributed by atoms with Crippen LogP contribution >= 0.6 is 0 Å². The zero-order chi connectivity index (χ0) is 17.8. The van der Waals surface area contributed by atoms with Gasteiger partial charge in [0.1, 0.15) is 23.7 Å². The third-order valence-electron chi connectivity index (χ3n) is 6.10. The predicted octanol–water partition coefficient (Wildman–Crippen LogP) is 6.08. The highest BCUT2D eigenvalue weighted by Gasteiger charge is 2.45. The SMILES string of the molecule is c1ccc([C@H]2c3c(C4CC4)oc4c3[C@@H](CCC4)ON2c2ccccc2)cc1. The van der Waals surface area contributed by atoms with E-state index in [1.165, 1.54) is 41.1 Å². The smallest absolute Gasteiger partial charge is 0.114 e. The zero-order valence-electron chi connectivity index (χ0n) is 15.3. The standard InChI is InChI=1S/C24H23NO2/c1-3-8-16(9-4-1)23-22-21-19(26-24(22)17-14-15-17)12-7-13-20(21)27-25(23)18-10-5-2-6-11-18/h1-6,8-11,17,20,23H,7,12-15H2/t20-,23+/m1/s1. The van der Waals surface area contributed by atoms with E-state index in [1.54, 1.807) is 0 Å². The second kappa shape index (κ2) is 6.00. The van der Waals surface area contributed by atoms with Gasteiger partial charge in [0.15, 0.2) is 0 Å². The summed E-state index contributed by atoms with van der Waals surface area (Å²) in [5.41, 5.74) is 5.10. The van der Waals surface area contributed by atoms with Gasteiger partial charge in [0.2, 0.25) is 0 Å². The maximum atomic E-state index is 6.63. The molecule has 1 saturated carbocycles. The van der Waals surface area contributed by atoms with Gasteiger partial charge in [0.25, 0.3) is 0 Å². The lowest BCUT2D eigenvalue weighted by Gasteiger charge is -2.42. The van der Waals surface area contributed by atoms with Crippen molar-refractivity contribution in [1.82, 2.24) is 0 Å². The average Bonchev–Trinajstić information content (AvgIpc) is 3.51. The number of nitrogens with zero attached hydrogens (tertiary/aromatic N) is 1. The molecule has 1 fully saturated rings. The molecule has 2 aromatic carbocycles. The van der Waals surface area contributed by atoms with Crippen molar-refractivity contribution >= 4 is 5.69 Å². The Bertz CT molecular complexity index is 959. The molecular formula is C24H23NO2. The molecule has 1 aliphatic heterocycles. The van der Waals surface area contributed by atoms with E-state index in [1.807, 2.05) is 0 Å². The molecule has 0 saturated heterocycles. The third kappa shape index (κ3) is 2.45. The Balaban J connectivity index is 1.59. The molecule has 2 atom stereocenters. The molecule has 0 unspecified atom stereocenters. The Morgan fingerprint density at radius 1 is 0.815 bits per heavy atom. The summed E-state index contributed by atoms with van der Waals surface area (Å²) in [5, 5.41) is 2.14. The first-order valence-corrected chi connectivity index (χ1v) is 10.1. The Kier molecular flexibility index (Phi) is 3.45. The number of aryl methyl sites for hydroxylation is 1. The topological polar surface area (TPSA) is 25.6 Å². The van der Waals surface area contributed by atoms with E-state index in [0.717, 1.165) is 24.9 Å². The number of hydrogen-bond donors (Lipinski definition) is 0. The van der Waals surface area contributed by atoms with Crippen LogP contribution in [0.1, 0.15) is 72.0 Å². The van der Waals surface area contributed by atoms with Gasteiger partial charge in [0.05, 0.1) is 5.69 Å². The van der Waals surface area contributed by atoms with Crippen molar-refractivity contribution in [3.8, 4) is 0 Å². The van der Waals surface area contributed by atoms with Crippen molar-refractivity contribution in [2.24, 2.45) is 0 Å². The van der Waals surface area contributed by atoms with E-state index in [0.29, 0.717) is 5.92 Å². The molecule has 3 aromatic rings. The van der Waals surface area contributed by atoms with Crippen LogP contribution in [0.25, 0.3) is 0 Å². The normalized spacial score (nSPS) is 23.9. The van der Waals surface area contributed by atoms with Crippen molar-refractivity contribution < 1.29 is 9.25 Å². The first-order chi connectivity index (χ1) is 13.4. The minimum absolute atomic E-state index is 0.0473. The summed E-state index contributed by atoms with van der Waals surface area (Å²) in [4.78, 5) is 6.63. The molecule has 2 heterocycles.